The third-order valence-electron chi connectivity index (χ3n) is 2.37. The molecule has 0 unspecified atom stereocenters. The van der Waals surface area contributed by atoms with Crippen LogP contribution in [-0.2, 0) is 6.42 Å². The normalized spacial score (nSPS) is 10.3. The van der Waals surface area contributed by atoms with Crippen LogP contribution < -0.4 is 4.74 Å². The molecule has 0 amide bonds. The second kappa shape index (κ2) is 5.89. The first-order valence-corrected chi connectivity index (χ1v) is 6.60. The summed E-state index contributed by atoms with van der Waals surface area (Å²) in [6.45, 7) is 0.515. The summed E-state index contributed by atoms with van der Waals surface area (Å²) in [5.74, 6) is -0.530. The van der Waals surface area contributed by atoms with Gasteiger partial charge in [0, 0.05) is 11.3 Å². The summed E-state index contributed by atoms with van der Waals surface area (Å²) in [5, 5.41) is 11.2. The summed E-state index contributed by atoms with van der Waals surface area (Å²) in [5.41, 5.74) is 0.0605. The molecule has 0 radical (unpaired) electrons. The highest BCUT2D eigenvalue weighted by molar-refractivity contribution is 7.09. The second-order valence-electron chi connectivity index (χ2n) is 3.62. The van der Waals surface area contributed by atoms with Crippen LogP contribution in [0, 0.1) is 0 Å². The smallest absolute Gasteiger partial charge is 0.337 e. The molecule has 0 spiro atoms. The third kappa shape index (κ3) is 3.24. The molecule has 2 rings (SSSR count). The van der Waals surface area contributed by atoms with E-state index in [4.69, 9.17) is 21.4 Å². The zero-order valence-corrected chi connectivity index (χ0v) is 11.0. The van der Waals surface area contributed by atoms with Gasteiger partial charge in [0.25, 0.3) is 0 Å². The van der Waals surface area contributed by atoms with Crippen LogP contribution in [0.3, 0.4) is 0 Å². The number of hydrogen-bond donors (Lipinski definition) is 1. The SMILES string of the molecule is O=C(O)c1cc(OCCc2cccs2)ccc1Cl. The fourth-order valence-corrected chi connectivity index (χ4v) is 2.37. The highest BCUT2D eigenvalue weighted by Gasteiger charge is 2.09. The molecular formula is C13H11ClO3S. The zero-order valence-electron chi connectivity index (χ0n) is 9.43. The number of benzene rings is 1. The van der Waals surface area contributed by atoms with E-state index in [9.17, 15) is 4.79 Å². The highest BCUT2D eigenvalue weighted by Crippen LogP contribution is 2.22. The number of carbonyl (C=O) groups is 1. The lowest BCUT2D eigenvalue weighted by molar-refractivity contribution is 0.0696. The number of hydrogen-bond acceptors (Lipinski definition) is 3. The van der Waals surface area contributed by atoms with Crippen molar-refractivity contribution in [2.24, 2.45) is 0 Å². The summed E-state index contributed by atoms with van der Waals surface area (Å²) >= 11 is 7.45. The Balaban J connectivity index is 1.97. The van der Waals surface area contributed by atoms with E-state index in [1.54, 1.807) is 17.4 Å². The first-order valence-electron chi connectivity index (χ1n) is 5.35. The number of ether oxygens (including phenoxy) is 1. The van der Waals surface area contributed by atoms with Gasteiger partial charge < -0.3 is 9.84 Å². The molecule has 0 aliphatic carbocycles. The Hall–Kier alpha value is -1.52. The minimum atomic E-state index is -1.05. The fraction of sp³-hybridized carbons (Fsp3) is 0.154. The molecule has 5 heteroatoms. The average Bonchev–Trinajstić information content (AvgIpc) is 2.84. The van der Waals surface area contributed by atoms with Crippen molar-refractivity contribution in [3.63, 3.8) is 0 Å². The lowest BCUT2D eigenvalue weighted by atomic mass is 10.2. The van der Waals surface area contributed by atoms with E-state index in [-0.39, 0.29) is 10.6 Å². The molecule has 1 heterocycles. The van der Waals surface area contributed by atoms with E-state index in [1.165, 1.54) is 17.0 Å². The van der Waals surface area contributed by atoms with Crippen LogP contribution >= 0.6 is 22.9 Å². The highest BCUT2D eigenvalue weighted by atomic mass is 35.5. The first-order chi connectivity index (χ1) is 8.66. The quantitative estimate of drug-likeness (QED) is 0.909. The molecule has 1 aromatic carbocycles. The Labute approximate surface area is 114 Å². The summed E-state index contributed by atoms with van der Waals surface area (Å²) < 4.78 is 5.51. The van der Waals surface area contributed by atoms with Crippen molar-refractivity contribution in [2.45, 2.75) is 6.42 Å². The maximum absolute atomic E-state index is 10.9. The van der Waals surface area contributed by atoms with Crippen molar-refractivity contribution < 1.29 is 14.6 Å². The van der Waals surface area contributed by atoms with E-state index in [0.29, 0.717) is 12.4 Å². The summed E-state index contributed by atoms with van der Waals surface area (Å²) in [4.78, 5) is 12.1. The predicted molar refractivity (Wildman–Crippen MR) is 71.9 cm³/mol. The second-order valence-corrected chi connectivity index (χ2v) is 5.06. The largest absolute Gasteiger partial charge is 0.493 e. The molecule has 0 saturated carbocycles. The Morgan fingerprint density at radius 3 is 2.89 bits per heavy atom. The Morgan fingerprint density at radius 2 is 2.22 bits per heavy atom. The summed E-state index contributed by atoms with van der Waals surface area (Å²) in [6, 6.07) is 8.68. The summed E-state index contributed by atoms with van der Waals surface area (Å²) in [6.07, 6.45) is 0.808. The number of carboxylic acid groups (broad SMARTS) is 1. The Kier molecular flexibility index (Phi) is 4.23. The monoisotopic (exact) mass is 282 g/mol. The lowest BCUT2D eigenvalue weighted by Gasteiger charge is -2.07. The van der Waals surface area contributed by atoms with Crippen molar-refractivity contribution >= 4 is 28.9 Å². The number of halogens is 1. The number of thiophene rings is 1. The van der Waals surface area contributed by atoms with Crippen LogP contribution in [0.4, 0.5) is 0 Å². The predicted octanol–water partition coefficient (Wildman–Crippen LogP) is 3.72. The molecule has 18 heavy (non-hydrogen) atoms. The van der Waals surface area contributed by atoms with E-state index in [1.807, 2.05) is 17.5 Å². The molecule has 0 saturated heterocycles. The van der Waals surface area contributed by atoms with Crippen LogP contribution in [0.25, 0.3) is 0 Å². The zero-order chi connectivity index (χ0) is 13.0. The van der Waals surface area contributed by atoms with Crippen LogP contribution in [0.1, 0.15) is 15.2 Å². The average molecular weight is 283 g/mol. The van der Waals surface area contributed by atoms with Gasteiger partial charge in [-0.3, -0.25) is 0 Å². The standard InChI is InChI=1S/C13H11ClO3S/c14-12-4-3-9(8-11(12)13(15)16)17-6-5-10-2-1-7-18-10/h1-4,7-8H,5-6H2,(H,15,16). The van der Waals surface area contributed by atoms with Gasteiger partial charge in [-0.25, -0.2) is 4.79 Å². The van der Waals surface area contributed by atoms with Crippen molar-refractivity contribution in [2.75, 3.05) is 6.61 Å². The van der Waals surface area contributed by atoms with Crippen molar-refractivity contribution in [1.82, 2.24) is 0 Å². The molecule has 3 nitrogen and oxygen atoms in total. The van der Waals surface area contributed by atoms with Crippen molar-refractivity contribution in [1.29, 1.82) is 0 Å². The molecule has 1 N–H and O–H groups in total. The topological polar surface area (TPSA) is 46.5 Å². The number of aromatic carboxylic acids is 1. The third-order valence-corrected chi connectivity index (χ3v) is 3.63. The Bertz CT molecular complexity index is 537. The fourth-order valence-electron chi connectivity index (χ4n) is 1.48. The summed E-state index contributed by atoms with van der Waals surface area (Å²) in [7, 11) is 0. The van der Waals surface area contributed by atoms with Crippen LogP contribution in [0.5, 0.6) is 5.75 Å². The molecule has 1 aromatic heterocycles. The van der Waals surface area contributed by atoms with Gasteiger partial charge in [0.05, 0.1) is 17.2 Å². The number of carboxylic acids is 1. The van der Waals surface area contributed by atoms with Gasteiger partial charge >= 0.3 is 5.97 Å². The minimum absolute atomic E-state index is 0.0605. The number of rotatable bonds is 5. The minimum Gasteiger partial charge on any atom is -0.493 e. The van der Waals surface area contributed by atoms with Gasteiger partial charge in [-0.1, -0.05) is 17.7 Å². The van der Waals surface area contributed by atoms with Gasteiger partial charge in [0.15, 0.2) is 0 Å². The van der Waals surface area contributed by atoms with E-state index >= 15 is 0 Å². The van der Waals surface area contributed by atoms with Crippen molar-refractivity contribution in [3.05, 3.63) is 51.2 Å². The molecule has 0 aliphatic rings. The van der Waals surface area contributed by atoms with Gasteiger partial charge in [0.1, 0.15) is 5.75 Å². The lowest BCUT2D eigenvalue weighted by Crippen LogP contribution is -2.02. The van der Waals surface area contributed by atoms with Gasteiger partial charge in [-0.15, -0.1) is 11.3 Å². The van der Waals surface area contributed by atoms with Gasteiger partial charge in [-0.05, 0) is 29.6 Å². The molecule has 0 atom stereocenters. The van der Waals surface area contributed by atoms with Gasteiger partial charge in [0.2, 0.25) is 0 Å². The molecule has 0 bridgehead atoms. The molecule has 94 valence electrons. The first kappa shape index (κ1) is 12.9. The van der Waals surface area contributed by atoms with E-state index in [2.05, 4.69) is 0 Å². The van der Waals surface area contributed by atoms with Crippen LogP contribution in [-0.4, -0.2) is 17.7 Å². The molecular weight excluding hydrogens is 272 g/mol. The molecule has 0 fully saturated rings. The molecule has 0 aliphatic heterocycles. The maximum Gasteiger partial charge on any atom is 0.337 e. The van der Waals surface area contributed by atoms with E-state index < -0.39 is 5.97 Å². The Morgan fingerprint density at radius 1 is 1.39 bits per heavy atom. The van der Waals surface area contributed by atoms with Crippen LogP contribution in [0.15, 0.2) is 35.7 Å². The van der Waals surface area contributed by atoms with Gasteiger partial charge in [-0.2, -0.15) is 0 Å². The maximum atomic E-state index is 10.9. The van der Waals surface area contributed by atoms with E-state index in [0.717, 1.165) is 6.42 Å². The van der Waals surface area contributed by atoms with Crippen LogP contribution in [0.2, 0.25) is 5.02 Å². The molecule has 2 aromatic rings. The van der Waals surface area contributed by atoms with Crippen molar-refractivity contribution in [3.8, 4) is 5.75 Å².